The van der Waals surface area contributed by atoms with Gasteiger partial charge in [0.25, 0.3) is 0 Å². The molecule has 32 valence electrons. The third-order valence-corrected chi connectivity index (χ3v) is 0.574. The second kappa shape index (κ2) is 1.08. The Labute approximate surface area is 35.2 Å². The van der Waals surface area contributed by atoms with Gasteiger partial charge in [0.15, 0.2) is 12.8 Å². The van der Waals surface area contributed by atoms with Crippen LogP contribution in [0.1, 0.15) is 0 Å². The van der Waals surface area contributed by atoms with Crippen LogP contribution in [0.4, 0.5) is 0 Å². The molecule has 0 unspecified atom stereocenters. The first-order valence-corrected chi connectivity index (χ1v) is 1.70. The van der Waals surface area contributed by atoms with Crippen molar-refractivity contribution < 1.29 is 9.95 Å². The molecule has 0 amide bonds. The SMILES string of the molecule is O[N+]1=CN=CC1. The minimum Gasteiger partial charge on any atom is -0.355 e. The zero-order valence-corrected chi connectivity index (χ0v) is 3.20. The summed E-state index contributed by atoms with van der Waals surface area (Å²) >= 11 is 0. The molecule has 0 fully saturated rings. The van der Waals surface area contributed by atoms with E-state index in [0.717, 1.165) is 4.74 Å². The van der Waals surface area contributed by atoms with E-state index in [2.05, 4.69) is 4.99 Å². The smallest absolute Gasteiger partial charge is 0.319 e. The van der Waals surface area contributed by atoms with Crippen LogP contribution >= 0.6 is 0 Å². The Morgan fingerprint density at radius 1 is 1.83 bits per heavy atom. The van der Waals surface area contributed by atoms with Gasteiger partial charge in [-0.2, -0.15) is 0 Å². The molecule has 0 saturated carbocycles. The average Bonchev–Trinajstić information content (AvgIpc) is 1.86. The van der Waals surface area contributed by atoms with Crippen molar-refractivity contribution in [3.05, 3.63) is 0 Å². The van der Waals surface area contributed by atoms with Crippen molar-refractivity contribution in [3.8, 4) is 0 Å². The van der Waals surface area contributed by atoms with Crippen molar-refractivity contribution in [1.82, 2.24) is 0 Å². The lowest BCUT2D eigenvalue weighted by atomic mass is 10.8. The molecule has 0 spiro atoms. The monoisotopic (exact) mass is 85.0 g/mol. The van der Waals surface area contributed by atoms with Gasteiger partial charge in [0.05, 0.1) is 0 Å². The number of nitrogens with zero attached hydrogens (tertiary/aromatic N) is 2. The van der Waals surface area contributed by atoms with Crippen LogP contribution in [0.25, 0.3) is 0 Å². The second-order valence-corrected chi connectivity index (χ2v) is 1.07. The van der Waals surface area contributed by atoms with E-state index in [1.807, 2.05) is 0 Å². The van der Waals surface area contributed by atoms with Crippen LogP contribution in [0.3, 0.4) is 0 Å². The highest BCUT2D eigenvalue weighted by molar-refractivity contribution is 5.73. The summed E-state index contributed by atoms with van der Waals surface area (Å²) in [4.78, 5) is 3.59. The lowest BCUT2D eigenvalue weighted by Crippen LogP contribution is -2.02. The van der Waals surface area contributed by atoms with Gasteiger partial charge in [-0.3, -0.25) is 0 Å². The molecule has 0 aromatic rings. The molecule has 0 bridgehead atoms. The molecule has 0 aliphatic carbocycles. The molecule has 1 rings (SSSR count). The van der Waals surface area contributed by atoms with E-state index in [9.17, 15) is 0 Å². The van der Waals surface area contributed by atoms with Gasteiger partial charge < -0.3 is 5.21 Å². The molecule has 0 saturated heterocycles. The van der Waals surface area contributed by atoms with Gasteiger partial charge in [0.2, 0.25) is 0 Å². The lowest BCUT2D eigenvalue weighted by molar-refractivity contribution is -0.759. The fourth-order valence-corrected chi connectivity index (χ4v) is 0.302. The van der Waals surface area contributed by atoms with Crippen LogP contribution < -0.4 is 0 Å². The third kappa shape index (κ3) is 0.381. The highest BCUT2D eigenvalue weighted by atomic mass is 16.5. The summed E-state index contributed by atoms with van der Waals surface area (Å²) in [7, 11) is 0. The van der Waals surface area contributed by atoms with E-state index in [4.69, 9.17) is 5.21 Å². The molecular weight excluding hydrogens is 80.0 g/mol. The first-order chi connectivity index (χ1) is 2.89. The molecule has 0 atom stereocenters. The minimum absolute atomic E-state index is 0.528. The zero-order chi connectivity index (χ0) is 4.41. The van der Waals surface area contributed by atoms with E-state index in [0.29, 0.717) is 6.54 Å². The van der Waals surface area contributed by atoms with Crippen LogP contribution in [0.5, 0.6) is 0 Å². The van der Waals surface area contributed by atoms with Crippen LogP contribution in [-0.2, 0) is 0 Å². The Bertz CT molecular complexity index is 105. The van der Waals surface area contributed by atoms with Crippen molar-refractivity contribution in [3.63, 3.8) is 0 Å². The maximum atomic E-state index is 8.38. The molecule has 3 heteroatoms. The number of hydrogen-bond acceptors (Lipinski definition) is 2. The molecule has 1 heterocycles. The molecule has 0 aromatic heterocycles. The van der Waals surface area contributed by atoms with Gasteiger partial charge in [-0.15, -0.1) is 0 Å². The quantitative estimate of drug-likeness (QED) is 0.312. The summed E-state index contributed by atoms with van der Waals surface area (Å²) in [6.07, 6.45) is 2.99. The van der Waals surface area contributed by atoms with Crippen molar-refractivity contribution in [1.29, 1.82) is 0 Å². The fourth-order valence-electron chi connectivity index (χ4n) is 0.302. The Balaban J connectivity index is 2.61. The number of hydroxylamine groups is 1. The number of rotatable bonds is 0. The van der Waals surface area contributed by atoms with Gasteiger partial charge in [-0.05, 0) is 0 Å². The van der Waals surface area contributed by atoms with Crippen molar-refractivity contribution in [2.75, 3.05) is 6.54 Å². The van der Waals surface area contributed by atoms with Crippen LogP contribution in [0.2, 0.25) is 0 Å². The summed E-state index contributed by atoms with van der Waals surface area (Å²) in [6.45, 7) is 0.528. The third-order valence-electron chi connectivity index (χ3n) is 0.574. The first kappa shape index (κ1) is 3.33. The molecule has 6 heavy (non-hydrogen) atoms. The van der Waals surface area contributed by atoms with Gasteiger partial charge in [0, 0.05) is 0 Å². The summed E-state index contributed by atoms with van der Waals surface area (Å²) in [5.41, 5.74) is 0. The maximum absolute atomic E-state index is 8.38. The Morgan fingerprint density at radius 3 is 2.83 bits per heavy atom. The molecular formula is C3H5N2O+. The van der Waals surface area contributed by atoms with E-state index in [-0.39, 0.29) is 0 Å². The number of aliphatic imine (C=N–C) groups is 1. The second-order valence-electron chi connectivity index (χ2n) is 1.07. The summed E-state index contributed by atoms with van der Waals surface area (Å²) in [6, 6.07) is 0. The minimum atomic E-state index is 0.528. The highest BCUT2D eigenvalue weighted by Gasteiger charge is 1.98. The average molecular weight is 85.1 g/mol. The number of hydrogen-bond donors (Lipinski definition) is 1. The van der Waals surface area contributed by atoms with Crippen molar-refractivity contribution in [2.45, 2.75) is 0 Å². The van der Waals surface area contributed by atoms with E-state index in [1.54, 1.807) is 6.21 Å². The van der Waals surface area contributed by atoms with Gasteiger partial charge >= 0.3 is 6.34 Å². The first-order valence-electron chi connectivity index (χ1n) is 1.70. The molecule has 1 aliphatic heterocycles. The molecule has 1 N–H and O–H groups in total. The molecule has 1 aliphatic rings. The standard InChI is InChI=1S/C3H5N2O/c6-5-2-1-4-3-5/h1,3,6H,2H2/q+1. The van der Waals surface area contributed by atoms with Crippen molar-refractivity contribution in [2.24, 2.45) is 4.99 Å². The lowest BCUT2D eigenvalue weighted by Gasteiger charge is -1.75. The zero-order valence-electron chi connectivity index (χ0n) is 3.20. The fraction of sp³-hybridized carbons (Fsp3) is 0.333. The predicted octanol–water partition coefficient (Wildman–Crippen LogP) is -0.499. The van der Waals surface area contributed by atoms with Crippen molar-refractivity contribution >= 4 is 12.6 Å². The topological polar surface area (TPSA) is 35.6 Å². The van der Waals surface area contributed by atoms with Crippen LogP contribution in [0, 0.1) is 0 Å². The summed E-state index contributed by atoms with van der Waals surface area (Å²) in [5.74, 6) is 0. The highest BCUT2D eigenvalue weighted by Crippen LogP contribution is 1.70. The largest absolute Gasteiger partial charge is 0.355 e. The van der Waals surface area contributed by atoms with E-state index >= 15 is 0 Å². The maximum Gasteiger partial charge on any atom is 0.319 e. The Hall–Kier alpha value is -0.860. The summed E-state index contributed by atoms with van der Waals surface area (Å²) < 4.78 is 1.01. The molecule has 0 radical (unpaired) electrons. The molecule has 0 aromatic carbocycles. The normalized spacial score (nSPS) is 18.3. The predicted molar refractivity (Wildman–Crippen MR) is 21.5 cm³/mol. The van der Waals surface area contributed by atoms with E-state index < -0.39 is 0 Å². The Morgan fingerprint density at radius 2 is 2.67 bits per heavy atom. The van der Waals surface area contributed by atoms with Gasteiger partial charge in [-0.1, -0.05) is 9.73 Å². The van der Waals surface area contributed by atoms with Crippen LogP contribution in [0.15, 0.2) is 4.99 Å². The van der Waals surface area contributed by atoms with Gasteiger partial charge in [-0.25, -0.2) is 0 Å². The van der Waals surface area contributed by atoms with Gasteiger partial charge in [0.1, 0.15) is 0 Å². The Kier molecular flexibility index (Phi) is 0.602. The summed E-state index contributed by atoms with van der Waals surface area (Å²) in [5, 5.41) is 8.38. The molecule has 3 nitrogen and oxygen atoms in total. The van der Waals surface area contributed by atoms with Crippen LogP contribution in [-0.4, -0.2) is 29.0 Å². The van der Waals surface area contributed by atoms with E-state index in [1.165, 1.54) is 6.34 Å².